The van der Waals surface area contributed by atoms with Crippen molar-refractivity contribution < 1.29 is 9.53 Å². The molecule has 0 spiro atoms. The van der Waals surface area contributed by atoms with E-state index in [4.69, 9.17) is 4.74 Å². The van der Waals surface area contributed by atoms with Gasteiger partial charge in [-0.1, -0.05) is 15.9 Å². The van der Waals surface area contributed by atoms with Crippen LogP contribution in [0.4, 0.5) is 5.69 Å². The van der Waals surface area contributed by atoms with Gasteiger partial charge in [-0.3, -0.25) is 9.78 Å². The lowest BCUT2D eigenvalue weighted by Gasteiger charge is -2.10. The molecule has 0 fully saturated rings. The van der Waals surface area contributed by atoms with Gasteiger partial charge in [0.2, 0.25) is 0 Å². The van der Waals surface area contributed by atoms with E-state index >= 15 is 0 Å². The van der Waals surface area contributed by atoms with Crippen molar-refractivity contribution in [1.82, 2.24) is 4.98 Å². The Labute approximate surface area is 119 Å². The molecule has 0 saturated heterocycles. The van der Waals surface area contributed by atoms with Crippen LogP contribution in [0.5, 0.6) is 5.75 Å². The van der Waals surface area contributed by atoms with E-state index in [0.717, 1.165) is 10.0 Å². The predicted molar refractivity (Wildman–Crippen MR) is 77.6 cm³/mol. The first-order valence-electron chi connectivity index (χ1n) is 5.67. The highest BCUT2D eigenvalue weighted by atomic mass is 79.9. The molecule has 1 aromatic heterocycles. The standard InChI is InChI=1S/C14H13BrN2O2/c1-9-5-6-16-8-12(9)17-14(18)11-4-3-10(15)7-13(11)19-2/h3-8H,1-2H3,(H,17,18). The first-order chi connectivity index (χ1) is 9.11. The van der Waals surface area contributed by atoms with Gasteiger partial charge in [0.25, 0.3) is 5.91 Å². The second-order valence-corrected chi connectivity index (χ2v) is 4.91. The van der Waals surface area contributed by atoms with Crippen molar-refractivity contribution in [2.45, 2.75) is 6.92 Å². The summed E-state index contributed by atoms with van der Waals surface area (Å²) < 4.78 is 6.07. The number of nitrogens with zero attached hydrogens (tertiary/aromatic N) is 1. The molecule has 1 aromatic carbocycles. The van der Waals surface area contributed by atoms with Crippen LogP contribution < -0.4 is 10.1 Å². The molecule has 0 atom stereocenters. The number of rotatable bonds is 3. The number of aryl methyl sites for hydroxylation is 1. The maximum atomic E-state index is 12.2. The number of benzene rings is 1. The normalized spacial score (nSPS) is 10.1. The number of pyridine rings is 1. The van der Waals surface area contributed by atoms with Crippen molar-refractivity contribution >= 4 is 27.5 Å². The molecule has 0 radical (unpaired) electrons. The summed E-state index contributed by atoms with van der Waals surface area (Å²) in [5.41, 5.74) is 2.13. The fourth-order valence-electron chi connectivity index (χ4n) is 1.64. The molecule has 19 heavy (non-hydrogen) atoms. The second-order valence-electron chi connectivity index (χ2n) is 3.99. The average Bonchev–Trinajstić information content (AvgIpc) is 2.41. The Balaban J connectivity index is 2.28. The Kier molecular flexibility index (Phi) is 4.16. The molecule has 0 aliphatic carbocycles. The van der Waals surface area contributed by atoms with Gasteiger partial charge in [-0.25, -0.2) is 0 Å². The summed E-state index contributed by atoms with van der Waals surface area (Å²) in [7, 11) is 1.54. The quantitative estimate of drug-likeness (QED) is 0.942. The summed E-state index contributed by atoms with van der Waals surface area (Å²) in [5.74, 6) is 0.300. The van der Waals surface area contributed by atoms with Crippen molar-refractivity contribution in [3.8, 4) is 5.75 Å². The fourth-order valence-corrected chi connectivity index (χ4v) is 1.98. The average molecular weight is 321 g/mol. The summed E-state index contributed by atoms with van der Waals surface area (Å²) in [6.45, 7) is 1.91. The van der Waals surface area contributed by atoms with Crippen LogP contribution in [0.3, 0.4) is 0 Å². The van der Waals surface area contributed by atoms with Gasteiger partial charge in [0, 0.05) is 10.7 Å². The van der Waals surface area contributed by atoms with Crippen LogP contribution in [0, 0.1) is 6.92 Å². The summed E-state index contributed by atoms with van der Waals surface area (Å²) in [6.07, 6.45) is 3.31. The summed E-state index contributed by atoms with van der Waals surface area (Å²) in [5, 5.41) is 2.82. The number of carbonyl (C=O) groups is 1. The Bertz CT molecular complexity index is 614. The molecule has 4 nitrogen and oxygen atoms in total. The zero-order valence-electron chi connectivity index (χ0n) is 10.6. The minimum atomic E-state index is -0.222. The number of ether oxygens (including phenoxy) is 1. The fraction of sp³-hybridized carbons (Fsp3) is 0.143. The van der Waals surface area contributed by atoms with E-state index in [2.05, 4.69) is 26.2 Å². The van der Waals surface area contributed by atoms with Crippen molar-refractivity contribution in [2.75, 3.05) is 12.4 Å². The van der Waals surface area contributed by atoms with E-state index in [1.807, 2.05) is 13.0 Å². The van der Waals surface area contributed by atoms with Crippen LogP contribution in [0.1, 0.15) is 15.9 Å². The van der Waals surface area contributed by atoms with Gasteiger partial charge in [0.15, 0.2) is 0 Å². The van der Waals surface area contributed by atoms with Crippen LogP contribution in [0.2, 0.25) is 0 Å². The minimum Gasteiger partial charge on any atom is -0.496 e. The number of hydrogen-bond donors (Lipinski definition) is 1. The van der Waals surface area contributed by atoms with Gasteiger partial charge in [-0.2, -0.15) is 0 Å². The van der Waals surface area contributed by atoms with Gasteiger partial charge < -0.3 is 10.1 Å². The van der Waals surface area contributed by atoms with Gasteiger partial charge >= 0.3 is 0 Å². The lowest BCUT2D eigenvalue weighted by molar-refractivity contribution is 0.102. The summed E-state index contributed by atoms with van der Waals surface area (Å²) >= 11 is 3.34. The van der Waals surface area contributed by atoms with E-state index in [1.165, 1.54) is 7.11 Å². The van der Waals surface area contributed by atoms with Crippen LogP contribution in [0.25, 0.3) is 0 Å². The number of anilines is 1. The highest BCUT2D eigenvalue weighted by Crippen LogP contribution is 2.24. The van der Waals surface area contributed by atoms with Crippen LogP contribution in [0.15, 0.2) is 41.1 Å². The van der Waals surface area contributed by atoms with Crippen molar-refractivity contribution in [3.05, 3.63) is 52.3 Å². The molecule has 2 rings (SSSR count). The molecular weight excluding hydrogens is 308 g/mol. The molecule has 2 aromatic rings. The van der Waals surface area contributed by atoms with Crippen molar-refractivity contribution in [2.24, 2.45) is 0 Å². The third-order valence-corrected chi connectivity index (χ3v) is 3.19. The maximum absolute atomic E-state index is 12.2. The van der Waals surface area contributed by atoms with E-state index in [-0.39, 0.29) is 5.91 Å². The van der Waals surface area contributed by atoms with Crippen molar-refractivity contribution in [3.63, 3.8) is 0 Å². The number of methoxy groups -OCH3 is 1. The number of halogens is 1. The van der Waals surface area contributed by atoms with Crippen LogP contribution in [-0.4, -0.2) is 18.0 Å². The molecule has 5 heteroatoms. The smallest absolute Gasteiger partial charge is 0.259 e. The lowest BCUT2D eigenvalue weighted by Crippen LogP contribution is -2.14. The van der Waals surface area contributed by atoms with E-state index in [0.29, 0.717) is 17.0 Å². The Morgan fingerprint density at radius 3 is 2.84 bits per heavy atom. The number of hydrogen-bond acceptors (Lipinski definition) is 3. The zero-order valence-corrected chi connectivity index (χ0v) is 12.2. The molecule has 0 unspecified atom stereocenters. The molecule has 98 valence electrons. The highest BCUT2D eigenvalue weighted by Gasteiger charge is 2.13. The Morgan fingerprint density at radius 1 is 1.37 bits per heavy atom. The SMILES string of the molecule is COc1cc(Br)ccc1C(=O)Nc1cnccc1C. The van der Waals surface area contributed by atoms with E-state index < -0.39 is 0 Å². The molecule has 0 saturated carbocycles. The molecule has 0 bridgehead atoms. The maximum Gasteiger partial charge on any atom is 0.259 e. The number of amides is 1. The minimum absolute atomic E-state index is 0.222. The largest absolute Gasteiger partial charge is 0.496 e. The topological polar surface area (TPSA) is 51.2 Å². The number of aromatic nitrogens is 1. The first kappa shape index (κ1) is 13.5. The summed E-state index contributed by atoms with van der Waals surface area (Å²) in [6, 6.07) is 7.11. The number of nitrogens with one attached hydrogen (secondary N) is 1. The van der Waals surface area contributed by atoms with Crippen molar-refractivity contribution in [1.29, 1.82) is 0 Å². The van der Waals surface area contributed by atoms with Gasteiger partial charge in [0.05, 0.1) is 24.6 Å². The van der Waals surface area contributed by atoms with Crippen LogP contribution >= 0.6 is 15.9 Å². The van der Waals surface area contributed by atoms with Crippen LogP contribution in [-0.2, 0) is 0 Å². The zero-order chi connectivity index (χ0) is 13.8. The van der Waals surface area contributed by atoms with Gasteiger partial charge in [0.1, 0.15) is 5.75 Å². The summed E-state index contributed by atoms with van der Waals surface area (Å²) in [4.78, 5) is 16.2. The van der Waals surface area contributed by atoms with Gasteiger partial charge in [-0.05, 0) is 36.8 Å². The third-order valence-electron chi connectivity index (χ3n) is 2.70. The predicted octanol–water partition coefficient (Wildman–Crippen LogP) is 3.41. The highest BCUT2D eigenvalue weighted by molar-refractivity contribution is 9.10. The molecule has 1 amide bonds. The molecule has 1 heterocycles. The molecular formula is C14H13BrN2O2. The Morgan fingerprint density at radius 2 is 2.16 bits per heavy atom. The molecule has 0 aliphatic heterocycles. The van der Waals surface area contributed by atoms with Gasteiger partial charge in [-0.15, -0.1) is 0 Å². The Hall–Kier alpha value is -1.88. The molecule has 1 N–H and O–H groups in total. The van der Waals surface area contributed by atoms with E-state index in [1.54, 1.807) is 30.6 Å². The monoisotopic (exact) mass is 320 g/mol. The number of carbonyl (C=O) groups excluding carboxylic acids is 1. The second kappa shape index (κ2) is 5.84. The lowest BCUT2D eigenvalue weighted by atomic mass is 10.1. The molecule has 0 aliphatic rings. The third kappa shape index (κ3) is 3.12. The first-order valence-corrected chi connectivity index (χ1v) is 6.46. The van der Waals surface area contributed by atoms with E-state index in [9.17, 15) is 4.79 Å².